The van der Waals surface area contributed by atoms with Crippen molar-refractivity contribution in [3.8, 4) is 5.88 Å². The van der Waals surface area contributed by atoms with Crippen LogP contribution in [0.5, 0.6) is 5.88 Å². The zero-order valence-electron chi connectivity index (χ0n) is 20.1. The molecule has 1 aliphatic heterocycles. The normalized spacial score (nSPS) is 19.3. The van der Waals surface area contributed by atoms with Crippen molar-refractivity contribution in [1.29, 1.82) is 0 Å². The van der Waals surface area contributed by atoms with Crippen molar-refractivity contribution in [3.63, 3.8) is 0 Å². The molecule has 1 fully saturated rings. The number of aromatic carboxylic acids is 1. The first-order valence-electron chi connectivity index (χ1n) is 11.3. The number of carboxylic acids is 1. The number of carbonyl (C=O) groups is 2. The number of hydrogen-bond acceptors (Lipinski definition) is 7. The molecule has 1 aliphatic rings. The zero-order valence-corrected chi connectivity index (χ0v) is 20.9. The number of halogens is 2. The number of amides is 2. The molecular formula is C23H30F2N4O5S. The molecule has 3 N–H and O–H groups in total. The van der Waals surface area contributed by atoms with Gasteiger partial charge in [-0.3, -0.25) is 10.2 Å². The number of nitrogens with one attached hydrogen (secondary N) is 2. The number of anilines is 1. The summed E-state index contributed by atoms with van der Waals surface area (Å²) in [6.45, 7) is 9.90. The number of aromatic nitrogens is 1. The van der Waals surface area contributed by atoms with Crippen molar-refractivity contribution in [3.05, 3.63) is 40.5 Å². The highest BCUT2D eigenvalue weighted by Crippen LogP contribution is 2.31. The number of nitrogens with zero attached hydrogens (tertiary/aromatic N) is 2. The second-order valence-corrected chi connectivity index (χ2v) is 9.64. The third-order valence-corrected chi connectivity index (χ3v) is 6.24. The van der Waals surface area contributed by atoms with Crippen molar-refractivity contribution in [2.24, 2.45) is 5.92 Å². The Hall–Kier alpha value is -2.83. The molecule has 2 heterocycles. The van der Waals surface area contributed by atoms with Crippen LogP contribution in [-0.4, -0.2) is 64.8 Å². The Morgan fingerprint density at radius 3 is 2.63 bits per heavy atom. The predicted octanol–water partition coefficient (Wildman–Crippen LogP) is 3.87. The summed E-state index contributed by atoms with van der Waals surface area (Å²) in [5.41, 5.74) is -0.294. The monoisotopic (exact) mass is 512 g/mol. The van der Waals surface area contributed by atoms with E-state index in [1.807, 2.05) is 20.8 Å². The van der Waals surface area contributed by atoms with Crippen LogP contribution in [0.1, 0.15) is 42.3 Å². The lowest BCUT2D eigenvalue weighted by Gasteiger charge is -2.36. The van der Waals surface area contributed by atoms with Gasteiger partial charge >= 0.3 is 12.0 Å². The number of rotatable bonds is 9. The summed E-state index contributed by atoms with van der Waals surface area (Å²) in [6.07, 6.45) is 0.307. The van der Waals surface area contributed by atoms with E-state index in [9.17, 15) is 23.5 Å². The molecule has 12 heteroatoms. The van der Waals surface area contributed by atoms with Crippen molar-refractivity contribution < 1.29 is 33.0 Å². The summed E-state index contributed by atoms with van der Waals surface area (Å²) in [7, 11) is 0. The van der Waals surface area contributed by atoms with E-state index in [-0.39, 0.29) is 45.7 Å². The first-order valence-corrected chi connectivity index (χ1v) is 12.0. The van der Waals surface area contributed by atoms with Gasteiger partial charge in [-0.2, -0.15) is 4.37 Å². The van der Waals surface area contributed by atoms with Crippen molar-refractivity contribution in [1.82, 2.24) is 14.6 Å². The van der Waals surface area contributed by atoms with Crippen molar-refractivity contribution >= 4 is 28.5 Å². The Labute approximate surface area is 206 Å². The molecule has 0 aliphatic carbocycles. The molecule has 1 saturated heterocycles. The summed E-state index contributed by atoms with van der Waals surface area (Å²) >= 11 is 0.723. The molecule has 2 amide bonds. The van der Waals surface area contributed by atoms with Crippen LogP contribution in [0.3, 0.4) is 0 Å². The van der Waals surface area contributed by atoms with Gasteiger partial charge in [-0.25, -0.2) is 18.4 Å². The fourth-order valence-corrected chi connectivity index (χ4v) is 4.67. The minimum Gasteiger partial charge on any atom is -0.477 e. The van der Waals surface area contributed by atoms with Gasteiger partial charge in [0.25, 0.3) is 0 Å². The van der Waals surface area contributed by atoms with Crippen LogP contribution >= 0.6 is 11.5 Å². The maximum Gasteiger partial charge on any atom is 0.344 e. The maximum absolute atomic E-state index is 14.1. The van der Waals surface area contributed by atoms with E-state index in [0.29, 0.717) is 6.54 Å². The Kier molecular flexibility index (Phi) is 8.98. The summed E-state index contributed by atoms with van der Waals surface area (Å²) in [6, 6.07) is 2.17. The average Bonchev–Trinajstić information content (AvgIpc) is 3.17. The molecule has 1 aromatic carbocycles. The molecule has 3 rings (SSSR count). The number of carbonyl (C=O) groups excluding carboxylic acids is 1. The van der Waals surface area contributed by atoms with Crippen LogP contribution in [0, 0.1) is 24.5 Å². The molecule has 0 saturated carbocycles. The Morgan fingerprint density at radius 1 is 1.29 bits per heavy atom. The van der Waals surface area contributed by atoms with E-state index in [1.165, 1.54) is 19.1 Å². The minimum atomic E-state index is -1.37. The number of urea groups is 1. The molecule has 3 unspecified atom stereocenters. The molecule has 1 aromatic heterocycles. The standard InChI is InChI=1S/C23H30F2N4O5S/c1-12(8-29-9-14(3)34-15(4)10-29)7-26-23(32)27-21-17(22(30)31)20(28-35-21)33-11-16-6-5-13(2)18(24)19(16)25/h5-6,12,14-15H,7-11H2,1-4H3,(H,30,31)(H2,26,27,32). The minimum absolute atomic E-state index is 0.0240. The van der Waals surface area contributed by atoms with Crippen LogP contribution in [0.4, 0.5) is 18.6 Å². The first kappa shape index (κ1) is 26.8. The summed E-state index contributed by atoms with van der Waals surface area (Å²) in [5, 5.41) is 14.8. The highest BCUT2D eigenvalue weighted by molar-refractivity contribution is 7.11. The molecule has 9 nitrogen and oxygen atoms in total. The molecule has 192 valence electrons. The average molecular weight is 513 g/mol. The largest absolute Gasteiger partial charge is 0.477 e. The first-order chi connectivity index (χ1) is 16.5. The highest BCUT2D eigenvalue weighted by Gasteiger charge is 2.25. The molecule has 2 aromatic rings. The third kappa shape index (κ3) is 7.09. The van der Waals surface area contributed by atoms with Gasteiger partial charge in [0.2, 0.25) is 5.88 Å². The molecular weight excluding hydrogens is 482 g/mol. The number of carboxylic acid groups (broad SMARTS) is 1. The lowest BCUT2D eigenvalue weighted by Crippen LogP contribution is -2.48. The fraction of sp³-hybridized carbons (Fsp3) is 0.522. The van der Waals surface area contributed by atoms with Crippen LogP contribution in [0.2, 0.25) is 0 Å². The van der Waals surface area contributed by atoms with E-state index in [1.54, 1.807) is 0 Å². The van der Waals surface area contributed by atoms with Gasteiger partial charge in [0.05, 0.1) is 12.2 Å². The van der Waals surface area contributed by atoms with Gasteiger partial charge in [0, 0.05) is 31.7 Å². The van der Waals surface area contributed by atoms with Gasteiger partial charge in [0.1, 0.15) is 11.6 Å². The van der Waals surface area contributed by atoms with E-state index < -0.39 is 30.2 Å². The summed E-state index contributed by atoms with van der Waals surface area (Å²) in [4.78, 5) is 26.4. The lowest BCUT2D eigenvalue weighted by molar-refractivity contribution is -0.0707. The Morgan fingerprint density at radius 2 is 1.97 bits per heavy atom. The Balaban J connectivity index is 1.55. The third-order valence-electron chi connectivity index (χ3n) is 5.50. The van der Waals surface area contributed by atoms with E-state index in [4.69, 9.17) is 9.47 Å². The number of hydrogen-bond donors (Lipinski definition) is 3. The van der Waals surface area contributed by atoms with E-state index >= 15 is 0 Å². The van der Waals surface area contributed by atoms with Gasteiger partial charge < -0.3 is 19.9 Å². The van der Waals surface area contributed by atoms with E-state index in [2.05, 4.69) is 19.9 Å². The van der Waals surface area contributed by atoms with Gasteiger partial charge in [0.15, 0.2) is 17.2 Å². The quantitative estimate of drug-likeness (QED) is 0.467. The topological polar surface area (TPSA) is 113 Å². The number of morpholine rings is 1. The van der Waals surface area contributed by atoms with Gasteiger partial charge in [-0.1, -0.05) is 19.1 Å². The predicted molar refractivity (Wildman–Crippen MR) is 127 cm³/mol. The zero-order chi connectivity index (χ0) is 25.7. The smallest absolute Gasteiger partial charge is 0.344 e. The van der Waals surface area contributed by atoms with Crippen LogP contribution in [0.25, 0.3) is 0 Å². The molecule has 0 spiro atoms. The van der Waals surface area contributed by atoms with Crippen LogP contribution in [-0.2, 0) is 11.3 Å². The summed E-state index contributed by atoms with van der Waals surface area (Å²) in [5.74, 6) is -3.56. The second kappa shape index (κ2) is 11.7. The lowest BCUT2D eigenvalue weighted by atomic mass is 10.1. The SMILES string of the molecule is Cc1ccc(COc2nsc(NC(=O)NCC(C)CN3CC(C)OC(C)C3)c2C(=O)O)c(F)c1F. The number of aryl methyl sites for hydroxylation is 1. The van der Waals surface area contributed by atoms with Crippen LogP contribution < -0.4 is 15.4 Å². The fourth-order valence-electron chi connectivity index (χ4n) is 3.94. The van der Waals surface area contributed by atoms with E-state index in [0.717, 1.165) is 31.2 Å². The van der Waals surface area contributed by atoms with Crippen LogP contribution in [0.15, 0.2) is 12.1 Å². The van der Waals surface area contributed by atoms with Crippen molar-refractivity contribution in [2.45, 2.75) is 46.5 Å². The number of benzene rings is 1. The summed E-state index contributed by atoms with van der Waals surface area (Å²) < 4.78 is 42.8. The number of ether oxygens (including phenoxy) is 2. The maximum atomic E-state index is 14.1. The Bertz CT molecular complexity index is 1060. The molecule has 3 atom stereocenters. The van der Waals surface area contributed by atoms with Gasteiger partial charge in [-0.05, 0) is 43.8 Å². The van der Waals surface area contributed by atoms with Gasteiger partial charge in [-0.15, -0.1) is 0 Å². The molecule has 0 radical (unpaired) electrons. The highest BCUT2D eigenvalue weighted by atomic mass is 32.1. The molecule has 35 heavy (non-hydrogen) atoms. The second-order valence-electron chi connectivity index (χ2n) is 8.87. The molecule has 0 bridgehead atoms. The van der Waals surface area contributed by atoms with Crippen molar-refractivity contribution in [2.75, 3.05) is 31.5 Å².